The largest absolute Gasteiger partial charge is 0.456 e. The Labute approximate surface area is 347 Å². The van der Waals surface area contributed by atoms with Gasteiger partial charge in [-0.3, -0.25) is 9.97 Å². The Morgan fingerprint density at radius 2 is 1.05 bits per heavy atom. The molecule has 0 atom stereocenters. The zero-order valence-electron chi connectivity index (χ0n) is 32.3. The minimum atomic E-state index is 0.358. The Morgan fingerprint density at radius 1 is 0.475 bits per heavy atom. The van der Waals surface area contributed by atoms with E-state index in [4.69, 9.17) is 21.0 Å². The van der Waals surface area contributed by atoms with Crippen LogP contribution in [0.3, 0.4) is 0 Å². The molecule has 0 radical (unpaired) electrons. The van der Waals surface area contributed by atoms with E-state index in [9.17, 15) is 5.26 Å². The Kier molecular flexibility index (Phi) is 6.73. The predicted molar refractivity (Wildman–Crippen MR) is 246 cm³/mol. The van der Waals surface area contributed by atoms with Crippen molar-refractivity contribution in [2.75, 3.05) is 0 Å². The van der Waals surface area contributed by atoms with Crippen molar-refractivity contribution in [3.63, 3.8) is 0 Å². The van der Waals surface area contributed by atoms with Gasteiger partial charge in [0.2, 0.25) is 5.69 Å². The SMILES string of the molecule is [C-]#[N+]c1c(-c2ccccc2)c(C#N)c(-n2c3ccccc3c3ccc4oc5ccccc5c4c32)c(-c2ccccc2)c1-n1c2cncc3c4ccccc4c4cncc1c4c32. The molecule has 0 unspecified atom stereocenters. The molecule has 13 rings (SSSR count). The summed E-state index contributed by atoms with van der Waals surface area (Å²) in [6, 6.07) is 51.8. The van der Waals surface area contributed by atoms with E-state index in [2.05, 4.69) is 86.8 Å². The van der Waals surface area contributed by atoms with Crippen LogP contribution in [0.25, 0.3) is 126 Å². The summed E-state index contributed by atoms with van der Waals surface area (Å²) >= 11 is 0. The lowest BCUT2D eigenvalue weighted by Gasteiger charge is -2.25. The summed E-state index contributed by atoms with van der Waals surface area (Å²) in [5.41, 5.74) is 10.0. The first kappa shape index (κ1) is 33.2. The monoisotopic (exact) mass is 776 g/mol. The maximum Gasteiger partial charge on any atom is 0.220 e. The van der Waals surface area contributed by atoms with Crippen molar-refractivity contribution in [3.8, 4) is 39.7 Å². The highest BCUT2D eigenvalue weighted by molar-refractivity contribution is 6.34. The molecule has 0 aliphatic carbocycles. The van der Waals surface area contributed by atoms with Gasteiger partial charge in [-0.25, -0.2) is 4.85 Å². The molecule has 0 spiro atoms. The van der Waals surface area contributed by atoms with Gasteiger partial charge in [0, 0.05) is 61.2 Å². The third-order valence-corrected chi connectivity index (χ3v) is 12.5. The molecular formula is C54H28N6O. The van der Waals surface area contributed by atoms with E-state index in [0.29, 0.717) is 28.2 Å². The van der Waals surface area contributed by atoms with Gasteiger partial charge >= 0.3 is 0 Å². The molecule has 61 heavy (non-hydrogen) atoms. The van der Waals surface area contributed by atoms with E-state index in [0.717, 1.165) is 104 Å². The topological polar surface area (TPSA) is 76.9 Å². The number of benzene rings is 8. The summed E-state index contributed by atoms with van der Waals surface area (Å²) in [5, 5.41) is 22.1. The molecule has 8 aromatic carbocycles. The average molecular weight is 777 g/mol. The van der Waals surface area contributed by atoms with Crippen LogP contribution in [0.5, 0.6) is 0 Å². The molecule has 280 valence electrons. The van der Waals surface area contributed by atoms with Crippen molar-refractivity contribution < 1.29 is 4.42 Å². The summed E-state index contributed by atoms with van der Waals surface area (Å²) in [5.74, 6) is 0. The van der Waals surface area contributed by atoms with Crippen LogP contribution in [0.2, 0.25) is 0 Å². The molecule has 5 aromatic heterocycles. The fourth-order valence-electron chi connectivity index (χ4n) is 10.1. The van der Waals surface area contributed by atoms with Gasteiger partial charge in [0.05, 0.1) is 63.4 Å². The molecule has 0 bridgehead atoms. The van der Waals surface area contributed by atoms with Crippen LogP contribution in [0.4, 0.5) is 5.69 Å². The number of nitrogens with zero attached hydrogens (tertiary/aromatic N) is 6. The maximum atomic E-state index is 11.8. The van der Waals surface area contributed by atoms with Gasteiger partial charge in [0.15, 0.2) is 0 Å². The van der Waals surface area contributed by atoms with Gasteiger partial charge in [0.1, 0.15) is 17.2 Å². The number of aromatic nitrogens is 4. The zero-order chi connectivity index (χ0) is 40.3. The molecule has 5 heterocycles. The van der Waals surface area contributed by atoms with Crippen LogP contribution in [-0.2, 0) is 0 Å². The van der Waals surface area contributed by atoms with E-state index in [1.54, 1.807) is 0 Å². The van der Waals surface area contributed by atoms with Crippen molar-refractivity contribution in [2.24, 2.45) is 0 Å². The lowest BCUT2D eigenvalue weighted by molar-refractivity contribution is 0.669. The number of para-hydroxylation sites is 2. The third-order valence-electron chi connectivity index (χ3n) is 12.5. The van der Waals surface area contributed by atoms with Crippen molar-refractivity contribution >= 4 is 92.8 Å². The van der Waals surface area contributed by atoms with E-state index < -0.39 is 0 Å². The van der Waals surface area contributed by atoms with Crippen molar-refractivity contribution in [1.82, 2.24) is 19.1 Å². The third kappa shape index (κ3) is 4.33. The second-order valence-corrected chi connectivity index (χ2v) is 15.5. The average Bonchev–Trinajstić information content (AvgIpc) is 3.99. The van der Waals surface area contributed by atoms with Crippen LogP contribution in [0.15, 0.2) is 175 Å². The van der Waals surface area contributed by atoms with Crippen molar-refractivity contribution in [3.05, 3.63) is 187 Å². The highest BCUT2D eigenvalue weighted by Crippen LogP contribution is 2.54. The fraction of sp³-hybridized carbons (Fsp3) is 0. The smallest absolute Gasteiger partial charge is 0.220 e. The van der Waals surface area contributed by atoms with E-state index in [1.165, 1.54) is 0 Å². The Balaban J connectivity index is 1.35. The molecule has 0 saturated heterocycles. The van der Waals surface area contributed by atoms with Crippen LogP contribution < -0.4 is 0 Å². The summed E-state index contributed by atoms with van der Waals surface area (Å²) in [4.78, 5) is 14.2. The predicted octanol–water partition coefficient (Wildman–Crippen LogP) is 14.1. The fourth-order valence-corrected chi connectivity index (χ4v) is 10.1. The van der Waals surface area contributed by atoms with E-state index >= 15 is 0 Å². The van der Waals surface area contributed by atoms with Crippen LogP contribution >= 0.6 is 0 Å². The summed E-state index contributed by atoms with van der Waals surface area (Å²) < 4.78 is 11.0. The highest BCUT2D eigenvalue weighted by atomic mass is 16.3. The van der Waals surface area contributed by atoms with E-state index in [1.807, 2.05) is 104 Å². The first-order valence-corrected chi connectivity index (χ1v) is 20.1. The number of pyridine rings is 2. The Morgan fingerprint density at radius 3 is 1.69 bits per heavy atom. The highest BCUT2D eigenvalue weighted by Gasteiger charge is 2.33. The number of hydrogen-bond acceptors (Lipinski definition) is 4. The van der Waals surface area contributed by atoms with Gasteiger partial charge in [0.25, 0.3) is 0 Å². The standard InChI is InChI=1S/C54H28N6O/c1-56-51-46(31-14-4-2-5-15-31)38(26-55)53(60-41-22-12-10-20-35(41)36-24-25-45-50(52(36)60)37-21-11-13-23-44(37)61-45)47(32-16-6-3-7-17-32)54(51)59-42-29-57-27-39-33-18-8-9-19-34(33)40-28-58-30-43(59)49(40)48(39)42/h2-25,27-30H. The Hall–Kier alpha value is -8.78. The molecule has 0 aliphatic rings. The number of furan rings is 1. The number of fused-ring (bicyclic) bond motifs is 10. The van der Waals surface area contributed by atoms with Gasteiger partial charge in [-0.1, -0.05) is 121 Å². The van der Waals surface area contributed by atoms with Gasteiger partial charge in [-0.2, -0.15) is 5.26 Å². The second kappa shape index (κ2) is 12.4. The zero-order valence-corrected chi connectivity index (χ0v) is 32.3. The van der Waals surface area contributed by atoms with E-state index in [-0.39, 0.29) is 0 Å². The molecule has 0 fully saturated rings. The summed E-state index contributed by atoms with van der Waals surface area (Å²) in [6.07, 6.45) is 7.70. The summed E-state index contributed by atoms with van der Waals surface area (Å²) in [7, 11) is 0. The van der Waals surface area contributed by atoms with Gasteiger partial charge in [-0.05, 0) is 46.2 Å². The lowest BCUT2D eigenvalue weighted by Crippen LogP contribution is -2.09. The molecule has 7 heteroatoms. The molecule has 0 amide bonds. The van der Waals surface area contributed by atoms with Crippen molar-refractivity contribution in [2.45, 2.75) is 0 Å². The molecule has 13 aromatic rings. The number of hydrogen-bond donors (Lipinski definition) is 0. The molecule has 7 nitrogen and oxygen atoms in total. The van der Waals surface area contributed by atoms with Crippen molar-refractivity contribution in [1.29, 1.82) is 5.26 Å². The first-order valence-electron chi connectivity index (χ1n) is 20.1. The molecule has 0 aliphatic heterocycles. The lowest BCUT2D eigenvalue weighted by atomic mass is 9.88. The molecule has 0 N–H and O–H groups in total. The van der Waals surface area contributed by atoms with Gasteiger partial charge < -0.3 is 13.6 Å². The quantitative estimate of drug-likeness (QED) is 0.132. The van der Waals surface area contributed by atoms with Crippen LogP contribution in [-0.4, -0.2) is 19.1 Å². The Bertz CT molecular complexity index is 3980. The second-order valence-electron chi connectivity index (χ2n) is 15.5. The minimum absolute atomic E-state index is 0.358. The first-order chi connectivity index (χ1) is 30.2. The van der Waals surface area contributed by atoms with Gasteiger partial charge in [-0.15, -0.1) is 0 Å². The number of rotatable bonds is 4. The minimum Gasteiger partial charge on any atom is -0.456 e. The summed E-state index contributed by atoms with van der Waals surface area (Å²) in [6.45, 7) is 9.16. The number of nitriles is 1. The van der Waals surface area contributed by atoms with Crippen LogP contribution in [0, 0.1) is 17.9 Å². The maximum absolute atomic E-state index is 11.8. The van der Waals surface area contributed by atoms with Crippen LogP contribution in [0.1, 0.15) is 5.56 Å². The normalized spacial score (nSPS) is 11.9. The molecule has 0 saturated carbocycles. The molecular weight excluding hydrogens is 749 g/mol.